The van der Waals surface area contributed by atoms with Crippen molar-refractivity contribution < 1.29 is 5.11 Å². The molecule has 0 aromatic heterocycles. The summed E-state index contributed by atoms with van der Waals surface area (Å²) in [6.45, 7) is 11.2. The molecule has 2 fully saturated rings. The van der Waals surface area contributed by atoms with Crippen LogP contribution in [0.25, 0.3) is 0 Å². The molecule has 0 radical (unpaired) electrons. The largest absolute Gasteiger partial charge is 0.394 e. The average molecular weight is 255 g/mol. The number of aliphatic hydroxyl groups is 1. The van der Waals surface area contributed by atoms with Gasteiger partial charge in [0, 0.05) is 19.1 Å². The van der Waals surface area contributed by atoms with Gasteiger partial charge in [0.1, 0.15) is 0 Å². The molecule has 2 saturated heterocycles. The third-order valence-corrected chi connectivity index (χ3v) is 4.41. The third-order valence-electron chi connectivity index (χ3n) is 4.41. The monoisotopic (exact) mass is 255 g/mol. The Bertz CT molecular complexity index is 261. The number of nitrogens with zero attached hydrogens (tertiary/aromatic N) is 2. The van der Waals surface area contributed by atoms with E-state index in [0.29, 0.717) is 0 Å². The molecule has 0 aliphatic carbocycles. The van der Waals surface area contributed by atoms with Crippen molar-refractivity contribution in [3.05, 3.63) is 0 Å². The Morgan fingerprint density at radius 1 is 1.28 bits per heavy atom. The van der Waals surface area contributed by atoms with E-state index in [9.17, 15) is 5.11 Å². The number of hydrogen-bond acceptors (Lipinski definition) is 4. The molecular weight excluding hydrogens is 226 g/mol. The maximum absolute atomic E-state index is 9.61. The molecule has 0 amide bonds. The predicted octanol–water partition coefficient (Wildman–Crippen LogP) is 0.517. The zero-order valence-electron chi connectivity index (χ0n) is 12.0. The minimum absolute atomic E-state index is 0.150. The van der Waals surface area contributed by atoms with E-state index in [1.807, 2.05) is 0 Å². The molecule has 2 atom stereocenters. The van der Waals surface area contributed by atoms with Gasteiger partial charge in [-0.3, -0.25) is 9.80 Å². The lowest BCUT2D eigenvalue weighted by atomic mass is 10.0. The van der Waals surface area contributed by atoms with Crippen LogP contribution in [0.5, 0.6) is 0 Å². The first-order valence-corrected chi connectivity index (χ1v) is 7.49. The maximum atomic E-state index is 9.61. The third kappa shape index (κ3) is 3.44. The van der Waals surface area contributed by atoms with Gasteiger partial charge in [-0.05, 0) is 52.4 Å². The van der Waals surface area contributed by atoms with E-state index in [4.69, 9.17) is 0 Å². The number of hydrogen-bond donors (Lipinski definition) is 2. The van der Waals surface area contributed by atoms with Gasteiger partial charge in [-0.2, -0.15) is 0 Å². The number of nitrogens with one attached hydrogen (secondary N) is 1. The maximum Gasteiger partial charge on any atom is 0.0623 e. The highest BCUT2D eigenvalue weighted by Crippen LogP contribution is 2.22. The molecule has 2 N–H and O–H groups in total. The molecule has 0 bridgehead atoms. The molecule has 2 aliphatic heterocycles. The van der Waals surface area contributed by atoms with Gasteiger partial charge in [0.05, 0.1) is 12.1 Å². The van der Waals surface area contributed by atoms with Crippen LogP contribution in [0, 0.1) is 0 Å². The lowest BCUT2D eigenvalue weighted by Crippen LogP contribution is -2.55. The van der Waals surface area contributed by atoms with Crippen LogP contribution >= 0.6 is 0 Å². The lowest BCUT2D eigenvalue weighted by molar-refractivity contribution is 0.116. The van der Waals surface area contributed by atoms with Gasteiger partial charge >= 0.3 is 0 Å². The summed E-state index contributed by atoms with van der Waals surface area (Å²) in [6.07, 6.45) is 3.99. The quantitative estimate of drug-likeness (QED) is 0.751. The summed E-state index contributed by atoms with van der Waals surface area (Å²) >= 11 is 0. The van der Waals surface area contributed by atoms with Crippen LogP contribution in [0.2, 0.25) is 0 Å². The lowest BCUT2D eigenvalue weighted by Gasteiger charge is -2.35. The van der Waals surface area contributed by atoms with Crippen molar-refractivity contribution in [3.63, 3.8) is 0 Å². The molecule has 4 heteroatoms. The fourth-order valence-corrected chi connectivity index (χ4v) is 3.51. The first kappa shape index (κ1) is 14.3. The Morgan fingerprint density at radius 2 is 2.06 bits per heavy atom. The standard InChI is InChI=1S/C14H29N3O/c1-3-15-14(2,12-18)11-16-7-5-9-17-8-4-6-13(17)10-16/h13,15,18H,3-12H2,1-2H3. The van der Waals surface area contributed by atoms with Gasteiger partial charge in [0.2, 0.25) is 0 Å². The van der Waals surface area contributed by atoms with Gasteiger partial charge in [-0.25, -0.2) is 0 Å². The van der Waals surface area contributed by atoms with E-state index >= 15 is 0 Å². The van der Waals surface area contributed by atoms with Crippen LogP contribution in [0.1, 0.15) is 33.1 Å². The highest BCUT2D eigenvalue weighted by molar-refractivity contribution is 4.90. The zero-order chi connectivity index (χ0) is 13.0. The second-order valence-corrected chi connectivity index (χ2v) is 6.17. The van der Waals surface area contributed by atoms with E-state index < -0.39 is 0 Å². The van der Waals surface area contributed by atoms with Gasteiger partial charge in [-0.15, -0.1) is 0 Å². The van der Waals surface area contributed by atoms with Crippen molar-refractivity contribution in [3.8, 4) is 0 Å². The number of rotatable bonds is 5. The summed E-state index contributed by atoms with van der Waals surface area (Å²) in [4.78, 5) is 5.21. The summed E-state index contributed by atoms with van der Waals surface area (Å²) < 4.78 is 0. The second kappa shape index (κ2) is 6.33. The summed E-state index contributed by atoms with van der Waals surface area (Å²) in [6, 6.07) is 0.761. The minimum atomic E-state index is -0.150. The van der Waals surface area contributed by atoms with Crippen molar-refractivity contribution in [1.82, 2.24) is 15.1 Å². The van der Waals surface area contributed by atoms with Crippen molar-refractivity contribution in [2.45, 2.75) is 44.7 Å². The summed E-state index contributed by atoms with van der Waals surface area (Å²) in [5.41, 5.74) is -0.150. The first-order valence-electron chi connectivity index (χ1n) is 7.49. The van der Waals surface area contributed by atoms with Crippen molar-refractivity contribution in [1.29, 1.82) is 0 Å². The summed E-state index contributed by atoms with van der Waals surface area (Å²) in [5.74, 6) is 0. The Morgan fingerprint density at radius 3 is 2.78 bits per heavy atom. The van der Waals surface area contributed by atoms with E-state index in [0.717, 1.165) is 19.1 Å². The van der Waals surface area contributed by atoms with Crippen LogP contribution in [0.4, 0.5) is 0 Å². The molecule has 2 heterocycles. The van der Waals surface area contributed by atoms with E-state index in [1.165, 1.54) is 45.4 Å². The van der Waals surface area contributed by atoms with Crippen LogP contribution in [-0.2, 0) is 0 Å². The molecule has 2 rings (SSSR count). The van der Waals surface area contributed by atoms with Gasteiger partial charge in [-0.1, -0.05) is 6.92 Å². The molecule has 2 unspecified atom stereocenters. The Hall–Kier alpha value is -0.160. The average Bonchev–Trinajstić information content (AvgIpc) is 2.69. The molecule has 4 nitrogen and oxygen atoms in total. The number of aliphatic hydroxyl groups excluding tert-OH is 1. The van der Waals surface area contributed by atoms with E-state index in [2.05, 4.69) is 29.0 Å². The Kier molecular flexibility index (Phi) is 5.01. The van der Waals surface area contributed by atoms with Crippen molar-refractivity contribution in [2.75, 3.05) is 45.9 Å². The Balaban J connectivity index is 1.91. The first-order chi connectivity index (χ1) is 8.67. The van der Waals surface area contributed by atoms with E-state index in [1.54, 1.807) is 0 Å². The van der Waals surface area contributed by atoms with Crippen molar-refractivity contribution in [2.24, 2.45) is 0 Å². The van der Waals surface area contributed by atoms with Gasteiger partial charge in [0.15, 0.2) is 0 Å². The smallest absolute Gasteiger partial charge is 0.0623 e. The zero-order valence-corrected chi connectivity index (χ0v) is 12.0. The Labute approximate surface area is 111 Å². The predicted molar refractivity (Wildman–Crippen MR) is 74.8 cm³/mol. The molecule has 0 saturated carbocycles. The van der Waals surface area contributed by atoms with Crippen LogP contribution in [0.15, 0.2) is 0 Å². The molecule has 2 aliphatic rings. The molecule has 106 valence electrons. The highest BCUT2D eigenvalue weighted by Gasteiger charge is 2.32. The van der Waals surface area contributed by atoms with E-state index in [-0.39, 0.29) is 12.1 Å². The number of likely N-dealkylation sites (N-methyl/N-ethyl adjacent to an activating group) is 1. The molecule has 0 spiro atoms. The second-order valence-electron chi connectivity index (χ2n) is 6.17. The molecular formula is C14H29N3O. The fourth-order valence-electron chi connectivity index (χ4n) is 3.51. The number of fused-ring (bicyclic) bond motifs is 1. The summed E-state index contributed by atoms with van der Waals surface area (Å²) in [5, 5.41) is 13.0. The van der Waals surface area contributed by atoms with Gasteiger partial charge in [0.25, 0.3) is 0 Å². The normalized spacial score (nSPS) is 29.8. The SMILES string of the molecule is CCNC(C)(CO)CN1CCCN2CCCC2C1. The van der Waals surface area contributed by atoms with Gasteiger partial charge < -0.3 is 10.4 Å². The van der Waals surface area contributed by atoms with Crippen LogP contribution in [-0.4, -0.2) is 72.4 Å². The topological polar surface area (TPSA) is 38.7 Å². The van der Waals surface area contributed by atoms with Crippen molar-refractivity contribution >= 4 is 0 Å². The summed E-state index contributed by atoms with van der Waals surface area (Å²) in [7, 11) is 0. The molecule has 0 aromatic rings. The fraction of sp³-hybridized carbons (Fsp3) is 1.00. The van der Waals surface area contributed by atoms with Crippen LogP contribution in [0.3, 0.4) is 0 Å². The molecule has 0 aromatic carbocycles. The molecule has 18 heavy (non-hydrogen) atoms. The minimum Gasteiger partial charge on any atom is -0.394 e. The highest BCUT2D eigenvalue weighted by atomic mass is 16.3. The van der Waals surface area contributed by atoms with Crippen LogP contribution < -0.4 is 5.32 Å².